The van der Waals surface area contributed by atoms with Crippen LogP contribution in [0.1, 0.15) is 37.7 Å². The molecule has 3 aliphatic rings. The number of benzene rings is 1. The molecule has 1 N–H and O–H groups in total. The quantitative estimate of drug-likeness (QED) is 0.903. The summed E-state index contributed by atoms with van der Waals surface area (Å²) in [7, 11) is 1.74. The molecule has 3 fully saturated rings. The minimum Gasteiger partial charge on any atom is -0.497 e. The van der Waals surface area contributed by atoms with Crippen LogP contribution in [0.3, 0.4) is 0 Å². The minimum atomic E-state index is 0.769. The summed E-state index contributed by atoms with van der Waals surface area (Å²) in [5.74, 6) is 5.12. The van der Waals surface area contributed by atoms with E-state index in [1.807, 2.05) is 6.07 Å². The molecule has 1 aromatic rings. The molecule has 2 bridgehead atoms. The zero-order valence-electron chi connectivity index (χ0n) is 12.3. The van der Waals surface area contributed by atoms with Crippen LogP contribution in [0.4, 0.5) is 0 Å². The first-order chi connectivity index (χ1) is 9.85. The van der Waals surface area contributed by atoms with Crippen LogP contribution in [0.25, 0.3) is 0 Å². The van der Waals surface area contributed by atoms with E-state index in [1.165, 1.54) is 37.7 Å². The monoisotopic (exact) mass is 271 g/mol. The molecule has 2 unspecified atom stereocenters. The molecule has 0 amide bonds. The van der Waals surface area contributed by atoms with Gasteiger partial charge in [-0.1, -0.05) is 18.6 Å². The Balaban J connectivity index is 1.38. The summed E-state index contributed by atoms with van der Waals surface area (Å²) in [4.78, 5) is 0. The van der Waals surface area contributed by atoms with E-state index in [2.05, 4.69) is 23.5 Å². The van der Waals surface area contributed by atoms with Gasteiger partial charge in [0.15, 0.2) is 0 Å². The first-order valence-corrected chi connectivity index (χ1v) is 8.21. The van der Waals surface area contributed by atoms with Gasteiger partial charge in [0.25, 0.3) is 0 Å². The number of rotatable bonds is 4. The van der Waals surface area contributed by atoms with Crippen molar-refractivity contribution in [2.45, 2.75) is 44.7 Å². The Morgan fingerprint density at radius 2 is 2.05 bits per heavy atom. The molecule has 5 atom stereocenters. The lowest BCUT2D eigenvalue weighted by Gasteiger charge is -2.32. The van der Waals surface area contributed by atoms with Crippen molar-refractivity contribution in [3.8, 4) is 5.75 Å². The number of ether oxygens (including phenoxy) is 1. The van der Waals surface area contributed by atoms with Crippen molar-refractivity contribution < 1.29 is 4.74 Å². The molecule has 0 radical (unpaired) electrons. The first kappa shape index (κ1) is 12.7. The Morgan fingerprint density at radius 3 is 2.95 bits per heavy atom. The molecule has 20 heavy (non-hydrogen) atoms. The Bertz CT molecular complexity index is 486. The molecule has 0 heterocycles. The number of fused-ring (bicyclic) bond motifs is 5. The molecule has 2 nitrogen and oxygen atoms in total. The number of methoxy groups -OCH3 is 1. The van der Waals surface area contributed by atoms with E-state index in [1.54, 1.807) is 7.11 Å². The number of hydrogen-bond acceptors (Lipinski definition) is 2. The van der Waals surface area contributed by atoms with Gasteiger partial charge >= 0.3 is 0 Å². The van der Waals surface area contributed by atoms with Crippen LogP contribution in [0, 0.1) is 23.7 Å². The van der Waals surface area contributed by atoms with Gasteiger partial charge in [-0.3, -0.25) is 0 Å². The third-order valence-electron chi connectivity index (χ3n) is 6.13. The average Bonchev–Trinajstić information content (AvgIpc) is 3.17. The summed E-state index contributed by atoms with van der Waals surface area (Å²) in [6, 6.07) is 9.22. The molecular formula is C18H25NO. The van der Waals surface area contributed by atoms with E-state index < -0.39 is 0 Å². The standard InChI is InChI=1S/C18H25NO/c1-20-14-5-2-4-12(8-14)11-19-18-10-13-9-17(18)16-7-3-6-15(13)16/h2,4-5,8,13,15-19H,3,6-7,9-11H2,1H3/t13?,15-,16-,17?,18-/m1/s1. The maximum absolute atomic E-state index is 5.31. The maximum atomic E-state index is 5.31. The average molecular weight is 271 g/mol. The van der Waals surface area contributed by atoms with Gasteiger partial charge in [0.2, 0.25) is 0 Å². The molecule has 0 aliphatic heterocycles. The third-order valence-corrected chi connectivity index (χ3v) is 6.13. The summed E-state index contributed by atoms with van der Waals surface area (Å²) >= 11 is 0. The fourth-order valence-corrected chi connectivity index (χ4v) is 5.33. The van der Waals surface area contributed by atoms with Crippen LogP contribution in [0.15, 0.2) is 24.3 Å². The summed E-state index contributed by atoms with van der Waals surface area (Å²) in [5, 5.41) is 3.84. The third kappa shape index (κ3) is 2.05. The number of nitrogens with one attached hydrogen (secondary N) is 1. The van der Waals surface area contributed by atoms with Crippen LogP contribution in [0.5, 0.6) is 5.75 Å². The Morgan fingerprint density at radius 1 is 1.15 bits per heavy atom. The molecule has 108 valence electrons. The zero-order valence-corrected chi connectivity index (χ0v) is 12.3. The van der Waals surface area contributed by atoms with Crippen LogP contribution in [0.2, 0.25) is 0 Å². The molecular weight excluding hydrogens is 246 g/mol. The molecule has 4 rings (SSSR count). The smallest absolute Gasteiger partial charge is 0.119 e. The molecule has 3 aliphatic carbocycles. The van der Waals surface area contributed by atoms with Crippen LogP contribution < -0.4 is 10.1 Å². The Hall–Kier alpha value is -1.02. The molecule has 3 saturated carbocycles. The van der Waals surface area contributed by atoms with E-state index in [0.717, 1.165) is 42.0 Å². The summed E-state index contributed by atoms with van der Waals surface area (Å²) in [6.07, 6.45) is 7.45. The van der Waals surface area contributed by atoms with E-state index in [0.29, 0.717) is 0 Å². The van der Waals surface area contributed by atoms with Crippen LogP contribution >= 0.6 is 0 Å². The van der Waals surface area contributed by atoms with E-state index in [-0.39, 0.29) is 0 Å². The van der Waals surface area contributed by atoms with Crippen molar-refractivity contribution in [1.29, 1.82) is 0 Å². The predicted octanol–water partition coefficient (Wildman–Crippen LogP) is 3.61. The van der Waals surface area contributed by atoms with Crippen molar-refractivity contribution in [2.24, 2.45) is 23.7 Å². The van der Waals surface area contributed by atoms with Gasteiger partial charge in [-0.25, -0.2) is 0 Å². The molecule has 2 heteroatoms. The van der Waals surface area contributed by atoms with Crippen LogP contribution in [-0.4, -0.2) is 13.2 Å². The van der Waals surface area contributed by atoms with Gasteiger partial charge in [0.05, 0.1) is 7.11 Å². The maximum Gasteiger partial charge on any atom is 0.119 e. The predicted molar refractivity (Wildman–Crippen MR) is 80.7 cm³/mol. The van der Waals surface area contributed by atoms with E-state index in [9.17, 15) is 0 Å². The Kier molecular flexibility index (Phi) is 3.22. The van der Waals surface area contributed by atoms with Crippen molar-refractivity contribution in [2.75, 3.05) is 7.11 Å². The molecule has 0 spiro atoms. The second-order valence-electron chi connectivity index (χ2n) is 6.99. The highest BCUT2D eigenvalue weighted by Crippen LogP contribution is 2.58. The minimum absolute atomic E-state index is 0.769. The molecule has 1 aromatic carbocycles. The van der Waals surface area contributed by atoms with Crippen LogP contribution in [-0.2, 0) is 6.54 Å². The summed E-state index contributed by atoms with van der Waals surface area (Å²) in [6.45, 7) is 0.989. The van der Waals surface area contributed by atoms with E-state index >= 15 is 0 Å². The topological polar surface area (TPSA) is 21.3 Å². The largest absolute Gasteiger partial charge is 0.497 e. The van der Waals surface area contributed by atoms with Crippen molar-refractivity contribution in [3.05, 3.63) is 29.8 Å². The highest BCUT2D eigenvalue weighted by Gasteiger charge is 2.53. The number of hydrogen-bond donors (Lipinski definition) is 1. The lowest BCUT2D eigenvalue weighted by atomic mass is 9.79. The van der Waals surface area contributed by atoms with Gasteiger partial charge in [0, 0.05) is 12.6 Å². The summed E-state index contributed by atoms with van der Waals surface area (Å²) < 4.78 is 5.31. The lowest BCUT2D eigenvalue weighted by molar-refractivity contribution is 0.208. The fraction of sp³-hybridized carbons (Fsp3) is 0.667. The van der Waals surface area contributed by atoms with Gasteiger partial charge in [-0.15, -0.1) is 0 Å². The van der Waals surface area contributed by atoms with Crippen molar-refractivity contribution in [3.63, 3.8) is 0 Å². The molecule has 0 saturated heterocycles. The SMILES string of the molecule is COc1cccc(CN[C@@H]2CC3CC2[C@@H]2CCC[C@H]32)c1. The van der Waals surface area contributed by atoms with Crippen molar-refractivity contribution in [1.82, 2.24) is 5.32 Å². The second-order valence-corrected chi connectivity index (χ2v) is 6.99. The highest BCUT2D eigenvalue weighted by atomic mass is 16.5. The highest BCUT2D eigenvalue weighted by molar-refractivity contribution is 5.28. The van der Waals surface area contributed by atoms with Gasteiger partial charge < -0.3 is 10.1 Å². The van der Waals surface area contributed by atoms with Gasteiger partial charge in [0.1, 0.15) is 5.75 Å². The summed E-state index contributed by atoms with van der Waals surface area (Å²) in [5.41, 5.74) is 1.34. The zero-order chi connectivity index (χ0) is 13.5. The van der Waals surface area contributed by atoms with Crippen molar-refractivity contribution >= 4 is 0 Å². The first-order valence-electron chi connectivity index (χ1n) is 8.21. The molecule has 0 aromatic heterocycles. The fourth-order valence-electron chi connectivity index (χ4n) is 5.33. The van der Waals surface area contributed by atoms with Gasteiger partial charge in [-0.2, -0.15) is 0 Å². The second kappa shape index (κ2) is 5.07. The van der Waals surface area contributed by atoms with E-state index in [4.69, 9.17) is 4.74 Å². The normalized spacial score (nSPS) is 38.1. The lowest BCUT2D eigenvalue weighted by Crippen LogP contribution is -2.38. The van der Waals surface area contributed by atoms with Gasteiger partial charge in [-0.05, 0) is 67.1 Å². The Labute approximate surface area is 121 Å².